The topological polar surface area (TPSA) is 65.8 Å². The molecule has 5 heteroatoms. The van der Waals surface area contributed by atoms with E-state index in [0.29, 0.717) is 16.1 Å². The van der Waals surface area contributed by atoms with Gasteiger partial charge in [0.05, 0.1) is 5.69 Å². The van der Waals surface area contributed by atoms with E-state index in [1.807, 2.05) is 35.7 Å². The van der Waals surface area contributed by atoms with Gasteiger partial charge >= 0.3 is 0 Å². The smallest absolute Gasteiger partial charge is 0.159 e. The molecular weight excluding hydrogens is 378 g/mol. The van der Waals surface area contributed by atoms with Gasteiger partial charge in [-0.05, 0) is 48.0 Å². The summed E-state index contributed by atoms with van der Waals surface area (Å²) in [4.78, 5) is 16.0. The number of aromatic nitrogens is 1. The van der Waals surface area contributed by atoms with Gasteiger partial charge in [0.2, 0.25) is 0 Å². The number of fused-ring (bicyclic) bond motifs is 1. The minimum Gasteiger partial charge on any atom is -0.360 e. The largest absolute Gasteiger partial charge is 0.360 e. The molecule has 0 bridgehead atoms. The summed E-state index contributed by atoms with van der Waals surface area (Å²) in [6.07, 6.45) is 1.64. The van der Waals surface area contributed by atoms with Crippen LogP contribution in [-0.2, 0) is 0 Å². The average Bonchev–Trinajstić information content (AvgIpc) is 3.24. The Morgan fingerprint density at radius 2 is 1.83 bits per heavy atom. The van der Waals surface area contributed by atoms with Gasteiger partial charge in [0.15, 0.2) is 5.78 Å². The Kier molecular flexibility index (Phi) is 5.19. The molecule has 4 nitrogen and oxygen atoms in total. The lowest BCUT2D eigenvalue weighted by atomic mass is 10.1. The first-order chi connectivity index (χ1) is 14.1. The molecular formula is C24H17N3OS. The van der Waals surface area contributed by atoms with Crippen LogP contribution < -0.4 is 5.32 Å². The summed E-state index contributed by atoms with van der Waals surface area (Å²) in [6, 6.07) is 23.8. The SMILES string of the molecule is CC(=O)c1ccc(N/C=C(/C#N)c2nc(-c3ccc4ccccc4c3)cs2)cc1. The van der Waals surface area contributed by atoms with Crippen molar-refractivity contribution in [3.05, 3.63) is 88.9 Å². The van der Waals surface area contributed by atoms with Gasteiger partial charge in [-0.25, -0.2) is 4.98 Å². The highest BCUT2D eigenvalue weighted by Gasteiger charge is 2.09. The number of Topliss-reactive ketones (excluding diaryl/α,β-unsaturated/α-hetero) is 1. The number of nitriles is 1. The lowest BCUT2D eigenvalue weighted by Crippen LogP contribution is -1.94. The van der Waals surface area contributed by atoms with Gasteiger partial charge in [0.1, 0.15) is 16.6 Å². The lowest BCUT2D eigenvalue weighted by Gasteiger charge is -2.03. The molecule has 4 rings (SSSR count). The zero-order chi connectivity index (χ0) is 20.2. The van der Waals surface area contributed by atoms with Gasteiger partial charge in [-0.2, -0.15) is 5.26 Å². The molecule has 0 atom stereocenters. The number of hydrogen-bond acceptors (Lipinski definition) is 5. The summed E-state index contributed by atoms with van der Waals surface area (Å²) >= 11 is 1.44. The Morgan fingerprint density at radius 3 is 2.55 bits per heavy atom. The number of nitrogens with zero attached hydrogens (tertiary/aromatic N) is 2. The van der Waals surface area contributed by atoms with Crippen molar-refractivity contribution in [3.8, 4) is 17.3 Å². The first-order valence-electron chi connectivity index (χ1n) is 9.07. The standard InChI is InChI=1S/C24H17N3OS/c1-16(28)17-8-10-22(11-9-17)26-14-21(13-25)24-27-23(15-29-24)20-7-6-18-4-2-3-5-19(18)12-20/h2-12,14-15,26H,1H3/b21-14-. The van der Waals surface area contributed by atoms with E-state index in [4.69, 9.17) is 0 Å². The van der Waals surface area contributed by atoms with E-state index in [-0.39, 0.29) is 5.78 Å². The maximum atomic E-state index is 11.4. The number of allylic oxidation sites excluding steroid dienone is 1. The Labute approximate surface area is 172 Å². The van der Waals surface area contributed by atoms with E-state index < -0.39 is 0 Å². The monoisotopic (exact) mass is 395 g/mol. The minimum atomic E-state index is 0.0220. The van der Waals surface area contributed by atoms with Crippen LogP contribution in [0.1, 0.15) is 22.3 Å². The van der Waals surface area contributed by atoms with E-state index in [1.165, 1.54) is 23.6 Å². The fourth-order valence-electron chi connectivity index (χ4n) is 2.98. The van der Waals surface area contributed by atoms with Crippen LogP contribution in [0.3, 0.4) is 0 Å². The van der Waals surface area contributed by atoms with Crippen LogP contribution in [-0.4, -0.2) is 10.8 Å². The van der Waals surface area contributed by atoms with Crippen molar-refractivity contribution in [2.75, 3.05) is 5.32 Å². The number of nitrogens with one attached hydrogen (secondary N) is 1. The molecule has 0 saturated carbocycles. The summed E-state index contributed by atoms with van der Waals surface area (Å²) in [6.45, 7) is 1.53. The third-order valence-corrected chi connectivity index (χ3v) is 5.45. The van der Waals surface area contributed by atoms with E-state index in [2.05, 4.69) is 40.6 Å². The number of thiazole rings is 1. The molecule has 0 aliphatic carbocycles. The predicted molar refractivity (Wildman–Crippen MR) is 119 cm³/mol. The number of anilines is 1. The van der Waals surface area contributed by atoms with Gasteiger partial charge in [0.25, 0.3) is 0 Å². The van der Waals surface area contributed by atoms with Gasteiger partial charge in [0, 0.05) is 28.4 Å². The molecule has 0 aliphatic heterocycles. The maximum absolute atomic E-state index is 11.4. The second-order valence-corrected chi connectivity index (χ2v) is 7.41. The number of ketones is 1. The highest BCUT2D eigenvalue weighted by Crippen LogP contribution is 2.28. The van der Waals surface area contributed by atoms with Crippen molar-refractivity contribution in [3.63, 3.8) is 0 Å². The number of carbonyl (C=O) groups is 1. The summed E-state index contributed by atoms with van der Waals surface area (Å²) in [5.74, 6) is 0.0220. The number of carbonyl (C=O) groups excluding carboxylic acids is 1. The normalized spacial score (nSPS) is 11.2. The minimum absolute atomic E-state index is 0.0220. The van der Waals surface area contributed by atoms with Crippen LogP contribution >= 0.6 is 11.3 Å². The molecule has 0 aliphatic rings. The number of benzene rings is 3. The summed E-state index contributed by atoms with van der Waals surface area (Å²) < 4.78 is 0. The van der Waals surface area contributed by atoms with Crippen molar-refractivity contribution < 1.29 is 4.79 Å². The molecule has 1 heterocycles. The Hall–Kier alpha value is -3.75. The molecule has 140 valence electrons. The van der Waals surface area contributed by atoms with E-state index in [9.17, 15) is 10.1 Å². The lowest BCUT2D eigenvalue weighted by molar-refractivity contribution is 0.101. The van der Waals surface area contributed by atoms with Crippen LogP contribution in [0.4, 0.5) is 5.69 Å². The molecule has 1 aromatic heterocycles. The van der Waals surface area contributed by atoms with Crippen molar-refractivity contribution in [2.45, 2.75) is 6.92 Å². The van der Waals surface area contributed by atoms with E-state index in [0.717, 1.165) is 22.3 Å². The fraction of sp³-hybridized carbons (Fsp3) is 0.0417. The first kappa shape index (κ1) is 18.6. The van der Waals surface area contributed by atoms with E-state index >= 15 is 0 Å². The van der Waals surface area contributed by atoms with Crippen molar-refractivity contribution in [1.29, 1.82) is 5.26 Å². The van der Waals surface area contributed by atoms with Crippen LogP contribution in [0.2, 0.25) is 0 Å². The molecule has 0 radical (unpaired) electrons. The van der Waals surface area contributed by atoms with Crippen molar-refractivity contribution in [2.24, 2.45) is 0 Å². The molecule has 3 aromatic carbocycles. The highest BCUT2D eigenvalue weighted by molar-refractivity contribution is 7.11. The molecule has 0 saturated heterocycles. The van der Waals surface area contributed by atoms with Crippen LogP contribution in [0.25, 0.3) is 27.6 Å². The molecule has 4 aromatic rings. The molecule has 0 fully saturated rings. The van der Waals surface area contributed by atoms with Crippen LogP contribution in [0.15, 0.2) is 78.3 Å². The van der Waals surface area contributed by atoms with Crippen molar-refractivity contribution in [1.82, 2.24) is 4.98 Å². The summed E-state index contributed by atoms with van der Waals surface area (Å²) in [7, 11) is 0. The van der Waals surface area contributed by atoms with Crippen LogP contribution in [0.5, 0.6) is 0 Å². The zero-order valence-electron chi connectivity index (χ0n) is 15.7. The third kappa shape index (κ3) is 4.08. The Morgan fingerprint density at radius 1 is 1.07 bits per heavy atom. The fourth-order valence-corrected chi connectivity index (χ4v) is 3.77. The van der Waals surface area contributed by atoms with Gasteiger partial charge < -0.3 is 5.32 Å². The van der Waals surface area contributed by atoms with Gasteiger partial charge in [-0.15, -0.1) is 11.3 Å². The summed E-state index contributed by atoms with van der Waals surface area (Å²) in [5.41, 5.74) is 3.78. The highest BCUT2D eigenvalue weighted by atomic mass is 32.1. The Balaban J connectivity index is 1.56. The number of rotatable bonds is 5. The molecule has 0 amide bonds. The number of hydrogen-bond donors (Lipinski definition) is 1. The van der Waals surface area contributed by atoms with Gasteiger partial charge in [-0.3, -0.25) is 4.79 Å². The van der Waals surface area contributed by atoms with E-state index in [1.54, 1.807) is 18.3 Å². The quantitative estimate of drug-likeness (QED) is 0.325. The van der Waals surface area contributed by atoms with Crippen LogP contribution in [0, 0.1) is 11.3 Å². The molecule has 1 N–H and O–H groups in total. The Bertz CT molecular complexity index is 1260. The molecule has 0 unspecified atom stereocenters. The molecule has 29 heavy (non-hydrogen) atoms. The molecule has 0 spiro atoms. The van der Waals surface area contributed by atoms with Crippen molar-refractivity contribution >= 4 is 39.2 Å². The maximum Gasteiger partial charge on any atom is 0.159 e. The average molecular weight is 395 g/mol. The third-order valence-electron chi connectivity index (χ3n) is 4.57. The van der Waals surface area contributed by atoms with Gasteiger partial charge in [-0.1, -0.05) is 36.4 Å². The predicted octanol–water partition coefficient (Wildman–Crippen LogP) is 6.14. The second-order valence-electron chi connectivity index (χ2n) is 6.55. The summed E-state index contributed by atoms with van der Waals surface area (Å²) in [5, 5.41) is 17.6. The second kappa shape index (κ2) is 8.09. The first-order valence-corrected chi connectivity index (χ1v) is 9.95. The zero-order valence-corrected chi connectivity index (χ0v) is 16.5.